The molecule has 0 amide bonds. The molecule has 1 heterocycles. The summed E-state index contributed by atoms with van der Waals surface area (Å²) in [6, 6.07) is 14.0. The highest BCUT2D eigenvalue weighted by Crippen LogP contribution is 2.43. The Hall–Kier alpha value is -1.89. The van der Waals surface area contributed by atoms with Crippen LogP contribution < -0.4 is 0 Å². The lowest BCUT2D eigenvalue weighted by Gasteiger charge is -2.45. The maximum absolute atomic E-state index is 13.1. The number of benzene rings is 2. The van der Waals surface area contributed by atoms with Crippen LogP contribution in [0.2, 0.25) is 5.02 Å². The second-order valence-corrected chi connectivity index (χ2v) is 8.00. The molecule has 0 aliphatic carbocycles. The summed E-state index contributed by atoms with van der Waals surface area (Å²) in [5.41, 5.74) is 0.848. The van der Waals surface area contributed by atoms with E-state index >= 15 is 0 Å². The smallest absolute Gasteiger partial charge is 0.324 e. The minimum absolute atomic E-state index is 0.104. The zero-order valence-electron chi connectivity index (χ0n) is 13.6. The van der Waals surface area contributed by atoms with E-state index in [1.165, 1.54) is 28.6 Å². The Bertz CT molecular complexity index is 852. The number of rotatable bonds is 5. The van der Waals surface area contributed by atoms with Gasteiger partial charge in [-0.15, -0.1) is 0 Å². The number of halogens is 1. The van der Waals surface area contributed by atoms with E-state index in [1.54, 1.807) is 6.92 Å². The number of hydrogen-bond acceptors (Lipinski definition) is 4. The molecule has 132 valence electrons. The van der Waals surface area contributed by atoms with Gasteiger partial charge in [0, 0.05) is 5.02 Å². The third kappa shape index (κ3) is 3.42. The van der Waals surface area contributed by atoms with Gasteiger partial charge in [0.2, 0.25) is 10.0 Å². The molecule has 25 heavy (non-hydrogen) atoms. The fourth-order valence-corrected chi connectivity index (χ4v) is 4.86. The Kier molecular flexibility index (Phi) is 5.13. The predicted molar refractivity (Wildman–Crippen MR) is 94.7 cm³/mol. The standard InChI is InChI=1S/C18H18ClNO4S/c1-2-24-18(21)17-12-16(13-6-4-3-5-7-13)20(17)25(22,23)15-10-8-14(19)9-11-15/h3-11,16-17H,2,12H2,1H3/t16-,17+/m0/s1. The molecule has 0 N–H and O–H groups in total. The van der Waals surface area contributed by atoms with Gasteiger partial charge in [-0.1, -0.05) is 41.9 Å². The van der Waals surface area contributed by atoms with Gasteiger partial charge in [0.05, 0.1) is 17.5 Å². The molecule has 2 aromatic rings. The molecule has 5 nitrogen and oxygen atoms in total. The molecule has 1 saturated heterocycles. The lowest BCUT2D eigenvalue weighted by atomic mass is 9.91. The minimum Gasteiger partial charge on any atom is -0.465 e. The lowest BCUT2D eigenvalue weighted by molar-refractivity contribution is -0.153. The molecule has 0 saturated carbocycles. The summed E-state index contributed by atoms with van der Waals surface area (Å²) in [5, 5.41) is 0.448. The van der Waals surface area contributed by atoms with Crippen molar-refractivity contribution in [2.75, 3.05) is 6.61 Å². The highest BCUT2D eigenvalue weighted by Gasteiger charge is 2.51. The Morgan fingerprint density at radius 3 is 2.40 bits per heavy atom. The molecule has 0 aromatic heterocycles. The van der Waals surface area contributed by atoms with E-state index < -0.39 is 28.1 Å². The van der Waals surface area contributed by atoms with Gasteiger partial charge in [0.1, 0.15) is 6.04 Å². The summed E-state index contributed by atoms with van der Waals surface area (Å²) >= 11 is 5.85. The summed E-state index contributed by atoms with van der Waals surface area (Å²) in [4.78, 5) is 12.3. The second kappa shape index (κ2) is 7.15. The number of carbonyl (C=O) groups excluding carboxylic acids is 1. The van der Waals surface area contributed by atoms with Crippen molar-refractivity contribution < 1.29 is 17.9 Å². The first-order valence-corrected chi connectivity index (χ1v) is 9.77. The van der Waals surface area contributed by atoms with Crippen molar-refractivity contribution in [3.63, 3.8) is 0 Å². The van der Waals surface area contributed by atoms with Crippen LogP contribution in [-0.4, -0.2) is 31.3 Å². The Morgan fingerprint density at radius 2 is 1.80 bits per heavy atom. The van der Waals surface area contributed by atoms with E-state index in [2.05, 4.69) is 0 Å². The van der Waals surface area contributed by atoms with Gasteiger partial charge < -0.3 is 4.74 Å². The highest BCUT2D eigenvalue weighted by atomic mass is 35.5. The van der Waals surface area contributed by atoms with Gasteiger partial charge in [-0.05, 0) is 43.2 Å². The van der Waals surface area contributed by atoms with Gasteiger partial charge >= 0.3 is 5.97 Å². The second-order valence-electron chi connectivity index (χ2n) is 5.72. The van der Waals surface area contributed by atoms with Gasteiger partial charge in [-0.3, -0.25) is 4.79 Å². The van der Waals surface area contributed by atoms with Crippen LogP contribution in [-0.2, 0) is 19.6 Å². The molecule has 2 atom stereocenters. The summed E-state index contributed by atoms with van der Waals surface area (Å²) < 4.78 is 32.5. The number of hydrogen-bond donors (Lipinski definition) is 0. The highest BCUT2D eigenvalue weighted by molar-refractivity contribution is 7.89. The normalized spacial score (nSPS) is 20.7. The maximum Gasteiger partial charge on any atom is 0.324 e. The fraction of sp³-hybridized carbons (Fsp3) is 0.278. The zero-order valence-corrected chi connectivity index (χ0v) is 15.2. The van der Waals surface area contributed by atoms with Crippen molar-refractivity contribution >= 4 is 27.6 Å². The summed E-state index contributed by atoms with van der Waals surface area (Å²) in [6.07, 6.45) is 0.398. The Labute approximate surface area is 152 Å². The topological polar surface area (TPSA) is 63.7 Å². The van der Waals surface area contributed by atoms with Crippen molar-refractivity contribution in [1.82, 2.24) is 4.31 Å². The molecule has 0 unspecified atom stereocenters. The van der Waals surface area contributed by atoms with Gasteiger partial charge in [0.25, 0.3) is 0 Å². The van der Waals surface area contributed by atoms with E-state index in [-0.39, 0.29) is 11.5 Å². The molecule has 2 aromatic carbocycles. The van der Waals surface area contributed by atoms with Crippen LogP contribution >= 0.6 is 11.6 Å². The Morgan fingerprint density at radius 1 is 1.16 bits per heavy atom. The average molecular weight is 380 g/mol. The molecule has 1 aliphatic heterocycles. The van der Waals surface area contributed by atoms with Crippen LogP contribution in [0.4, 0.5) is 0 Å². The molecule has 0 radical (unpaired) electrons. The quantitative estimate of drug-likeness (QED) is 0.747. The van der Waals surface area contributed by atoms with E-state index in [0.29, 0.717) is 11.4 Å². The molecule has 7 heteroatoms. The molecule has 0 bridgehead atoms. The molecule has 3 rings (SSSR count). The molecule has 0 spiro atoms. The third-order valence-corrected chi connectivity index (χ3v) is 6.38. The van der Waals surface area contributed by atoms with Crippen molar-refractivity contribution in [2.45, 2.75) is 30.3 Å². The van der Waals surface area contributed by atoms with Crippen LogP contribution in [0.15, 0.2) is 59.5 Å². The molecular formula is C18H18ClNO4S. The van der Waals surface area contributed by atoms with Crippen LogP contribution in [0.5, 0.6) is 0 Å². The van der Waals surface area contributed by atoms with Gasteiger partial charge in [-0.2, -0.15) is 4.31 Å². The van der Waals surface area contributed by atoms with Crippen molar-refractivity contribution in [3.8, 4) is 0 Å². The van der Waals surface area contributed by atoms with Gasteiger partial charge in [0.15, 0.2) is 0 Å². The van der Waals surface area contributed by atoms with Crippen LogP contribution in [0.3, 0.4) is 0 Å². The van der Waals surface area contributed by atoms with E-state index in [4.69, 9.17) is 16.3 Å². The number of sulfonamides is 1. The first kappa shape index (κ1) is 17.9. The first-order valence-electron chi connectivity index (χ1n) is 7.96. The molecular weight excluding hydrogens is 362 g/mol. The average Bonchev–Trinajstić information content (AvgIpc) is 2.55. The van der Waals surface area contributed by atoms with Gasteiger partial charge in [-0.25, -0.2) is 8.42 Å². The van der Waals surface area contributed by atoms with Crippen molar-refractivity contribution in [3.05, 3.63) is 65.2 Å². The largest absolute Gasteiger partial charge is 0.465 e. The van der Waals surface area contributed by atoms with Crippen molar-refractivity contribution in [2.24, 2.45) is 0 Å². The minimum atomic E-state index is -3.85. The fourth-order valence-electron chi connectivity index (χ4n) is 2.96. The van der Waals surface area contributed by atoms with E-state index in [9.17, 15) is 13.2 Å². The molecule has 1 fully saturated rings. The number of carbonyl (C=O) groups is 1. The van der Waals surface area contributed by atoms with E-state index in [1.807, 2.05) is 30.3 Å². The number of esters is 1. The van der Waals surface area contributed by atoms with Crippen LogP contribution in [0, 0.1) is 0 Å². The summed E-state index contributed by atoms with van der Waals surface area (Å²) in [7, 11) is -3.85. The summed E-state index contributed by atoms with van der Waals surface area (Å²) in [6.45, 7) is 1.91. The maximum atomic E-state index is 13.1. The summed E-state index contributed by atoms with van der Waals surface area (Å²) in [5.74, 6) is -0.521. The number of nitrogens with zero attached hydrogens (tertiary/aromatic N) is 1. The lowest BCUT2D eigenvalue weighted by Crippen LogP contribution is -2.57. The molecule has 1 aliphatic rings. The van der Waals surface area contributed by atoms with Crippen LogP contribution in [0.1, 0.15) is 24.9 Å². The predicted octanol–water partition coefficient (Wildman–Crippen LogP) is 3.41. The zero-order chi connectivity index (χ0) is 18.0. The SMILES string of the molecule is CCOC(=O)[C@H]1C[C@@H](c2ccccc2)N1S(=O)(=O)c1ccc(Cl)cc1. The van der Waals surface area contributed by atoms with Crippen molar-refractivity contribution in [1.29, 1.82) is 0 Å². The first-order chi connectivity index (χ1) is 11.9. The van der Waals surface area contributed by atoms with E-state index in [0.717, 1.165) is 5.56 Å². The number of ether oxygens (including phenoxy) is 1. The van der Waals surface area contributed by atoms with Crippen LogP contribution in [0.25, 0.3) is 0 Å². The Balaban J connectivity index is 1.98. The monoisotopic (exact) mass is 379 g/mol. The third-order valence-electron chi connectivity index (χ3n) is 4.19.